The van der Waals surface area contributed by atoms with Gasteiger partial charge in [0.25, 0.3) is 14.2 Å². The van der Waals surface area contributed by atoms with Crippen LogP contribution in [-0.4, -0.2) is 30.2 Å². The molecular weight excluding hydrogens is 290 g/mol. The second-order valence-electron chi connectivity index (χ2n) is 4.17. The summed E-state index contributed by atoms with van der Waals surface area (Å²) in [5.74, 6) is 1.20. The van der Waals surface area contributed by atoms with Gasteiger partial charge in [-0.05, 0) is 12.5 Å². The molecular formula is C11H10ClN3O3S. The van der Waals surface area contributed by atoms with Crippen LogP contribution in [0.1, 0.15) is 23.7 Å². The number of hydrogen-bond acceptors (Lipinski definition) is 5. The van der Waals surface area contributed by atoms with Gasteiger partial charge >= 0.3 is 0 Å². The number of nitrogens with zero attached hydrogens (tertiary/aromatic N) is 2. The fourth-order valence-corrected chi connectivity index (χ4v) is 2.72. The summed E-state index contributed by atoms with van der Waals surface area (Å²) < 4.78 is 27.9. The SMILES string of the molecule is O=S(=O)(Cl)c1n[nH]c(C2CCOc3ccccc32)n1. The molecule has 1 aliphatic rings. The Kier molecular flexibility index (Phi) is 2.94. The van der Waals surface area contributed by atoms with Crippen LogP contribution < -0.4 is 4.74 Å². The summed E-state index contributed by atoms with van der Waals surface area (Å²) in [4.78, 5) is 3.96. The molecule has 0 saturated heterocycles. The molecule has 0 aliphatic carbocycles. The van der Waals surface area contributed by atoms with E-state index in [0.717, 1.165) is 11.3 Å². The molecule has 8 heteroatoms. The Hall–Kier alpha value is -1.60. The fraction of sp³-hybridized carbons (Fsp3) is 0.273. The van der Waals surface area contributed by atoms with E-state index in [0.29, 0.717) is 18.9 Å². The molecule has 19 heavy (non-hydrogen) atoms. The zero-order valence-corrected chi connectivity index (χ0v) is 11.3. The number of nitrogens with one attached hydrogen (secondary N) is 1. The molecule has 1 unspecified atom stereocenters. The van der Waals surface area contributed by atoms with Crippen LogP contribution in [0.15, 0.2) is 29.4 Å². The molecule has 0 saturated carbocycles. The van der Waals surface area contributed by atoms with Gasteiger partial charge in [-0.1, -0.05) is 18.2 Å². The first kappa shape index (κ1) is 12.4. The normalized spacial score (nSPS) is 18.7. The third-order valence-corrected chi connectivity index (χ3v) is 4.02. The molecule has 2 heterocycles. The average Bonchev–Trinajstić information content (AvgIpc) is 2.87. The van der Waals surface area contributed by atoms with Gasteiger partial charge < -0.3 is 4.74 Å². The van der Waals surface area contributed by atoms with Crippen LogP contribution in [-0.2, 0) is 9.05 Å². The topological polar surface area (TPSA) is 84.9 Å². The first-order chi connectivity index (χ1) is 9.05. The zero-order valence-electron chi connectivity index (χ0n) is 9.71. The molecule has 0 spiro atoms. The Morgan fingerprint density at radius 2 is 2.16 bits per heavy atom. The summed E-state index contributed by atoms with van der Waals surface area (Å²) >= 11 is 0. The third-order valence-electron chi connectivity index (χ3n) is 2.99. The molecule has 1 aromatic carbocycles. The number of fused-ring (bicyclic) bond motifs is 1. The van der Waals surface area contributed by atoms with Crippen LogP contribution in [0.2, 0.25) is 0 Å². The minimum atomic E-state index is -3.91. The molecule has 100 valence electrons. The van der Waals surface area contributed by atoms with E-state index in [-0.39, 0.29) is 5.92 Å². The van der Waals surface area contributed by atoms with Crippen molar-refractivity contribution in [1.29, 1.82) is 0 Å². The van der Waals surface area contributed by atoms with Crippen LogP contribution in [0, 0.1) is 0 Å². The van der Waals surface area contributed by atoms with E-state index < -0.39 is 14.2 Å². The Morgan fingerprint density at radius 1 is 1.37 bits per heavy atom. The van der Waals surface area contributed by atoms with Crippen molar-refractivity contribution in [3.8, 4) is 5.75 Å². The molecule has 2 aromatic rings. The summed E-state index contributed by atoms with van der Waals surface area (Å²) in [6.07, 6.45) is 0.702. The number of aromatic nitrogens is 3. The van der Waals surface area contributed by atoms with E-state index >= 15 is 0 Å². The predicted octanol–water partition coefficient (Wildman–Crippen LogP) is 1.65. The van der Waals surface area contributed by atoms with E-state index in [1.165, 1.54) is 0 Å². The summed E-state index contributed by atoms with van der Waals surface area (Å²) in [7, 11) is 1.30. The van der Waals surface area contributed by atoms with Gasteiger partial charge in [-0.2, -0.15) is 0 Å². The van der Waals surface area contributed by atoms with Crippen molar-refractivity contribution >= 4 is 19.7 Å². The first-order valence-electron chi connectivity index (χ1n) is 5.64. The Balaban J connectivity index is 2.02. The molecule has 3 rings (SSSR count). The number of rotatable bonds is 2. The minimum absolute atomic E-state index is 0.0652. The largest absolute Gasteiger partial charge is 0.493 e. The van der Waals surface area contributed by atoms with Crippen LogP contribution >= 0.6 is 10.7 Å². The standard InChI is InChI=1S/C11H10ClN3O3S/c12-19(16,17)11-13-10(14-15-11)8-5-6-18-9-4-2-1-3-7(8)9/h1-4,8H,5-6H2,(H,13,14,15). The van der Waals surface area contributed by atoms with Crippen LogP contribution in [0.3, 0.4) is 0 Å². The fourth-order valence-electron chi connectivity index (χ4n) is 2.15. The van der Waals surface area contributed by atoms with Crippen LogP contribution in [0.5, 0.6) is 5.75 Å². The highest BCUT2D eigenvalue weighted by atomic mass is 35.7. The maximum atomic E-state index is 11.2. The summed E-state index contributed by atoms with van der Waals surface area (Å²) in [5, 5.41) is 5.89. The van der Waals surface area contributed by atoms with Gasteiger partial charge in [0, 0.05) is 16.2 Å². The number of ether oxygens (including phenoxy) is 1. The lowest BCUT2D eigenvalue weighted by atomic mass is 9.93. The molecule has 6 nitrogen and oxygen atoms in total. The van der Waals surface area contributed by atoms with Gasteiger partial charge in [-0.15, -0.1) is 5.10 Å². The van der Waals surface area contributed by atoms with Crippen molar-refractivity contribution in [3.05, 3.63) is 35.7 Å². The monoisotopic (exact) mass is 299 g/mol. The Bertz CT molecular complexity index is 713. The molecule has 0 amide bonds. The lowest BCUT2D eigenvalue weighted by Crippen LogP contribution is -2.16. The highest BCUT2D eigenvalue weighted by molar-refractivity contribution is 8.13. The minimum Gasteiger partial charge on any atom is -0.493 e. The quantitative estimate of drug-likeness (QED) is 0.852. The van der Waals surface area contributed by atoms with E-state index in [1.54, 1.807) is 0 Å². The number of H-pyrrole nitrogens is 1. The molecule has 0 bridgehead atoms. The molecule has 1 aromatic heterocycles. The number of hydrogen-bond donors (Lipinski definition) is 1. The van der Waals surface area contributed by atoms with Crippen molar-refractivity contribution in [1.82, 2.24) is 15.2 Å². The Labute approximate surface area is 114 Å². The average molecular weight is 300 g/mol. The number of para-hydroxylation sites is 1. The summed E-state index contributed by atoms with van der Waals surface area (Å²) in [5.41, 5.74) is 0.962. The van der Waals surface area contributed by atoms with Crippen LogP contribution in [0.25, 0.3) is 0 Å². The molecule has 0 fully saturated rings. The third kappa shape index (κ3) is 2.31. The Morgan fingerprint density at radius 3 is 2.89 bits per heavy atom. The maximum Gasteiger partial charge on any atom is 0.298 e. The van der Waals surface area contributed by atoms with Gasteiger partial charge in [0.2, 0.25) is 0 Å². The smallest absolute Gasteiger partial charge is 0.298 e. The van der Waals surface area contributed by atoms with Crippen molar-refractivity contribution in [2.75, 3.05) is 6.61 Å². The van der Waals surface area contributed by atoms with Gasteiger partial charge in [-0.3, -0.25) is 5.10 Å². The maximum absolute atomic E-state index is 11.2. The summed E-state index contributed by atoms with van der Waals surface area (Å²) in [6, 6.07) is 7.58. The van der Waals surface area contributed by atoms with Gasteiger partial charge in [0.05, 0.1) is 12.5 Å². The van der Waals surface area contributed by atoms with Crippen LogP contribution in [0.4, 0.5) is 0 Å². The zero-order chi connectivity index (χ0) is 13.5. The van der Waals surface area contributed by atoms with E-state index in [1.807, 2.05) is 24.3 Å². The first-order valence-corrected chi connectivity index (χ1v) is 7.95. The van der Waals surface area contributed by atoms with E-state index in [4.69, 9.17) is 15.4 Å². The van der Waals surface area contributed by atoms with Gasteiger partial charge in [-0.25, -0.2) is 13.4 Å². The van der Waals surface area contributed by atoms with Gasteiger partial charge in [0.15, 0.2) is 0 Å². The number of halogens is 1. The molecule has 0 radical (unpaired) electrons. The second-order valence-corrected chi connectivity index (χ2v) is 6.63. The van der Waals surface area contributed by atoms with Gasteiger partial charge in [0.1, 0.15) is 11.6 Å². The van der Waals surface area contributed by atoms with Crippen molar-refractivity contribution < 1.29 is 13.2 Å². The lowest BCUT2D eigenvalue weighted by molar-refractivity contribution is 0.274. The number of benzene rings is 1. The molecule has 1 atom stereocenters. The predicted molar refractivity (Wildman–Crippen MR) is 67.8 cm³/mol. The highest BCUT2D eigenvalue weighted by Gasteiger charge is 2.27. The highest BCUT2D eigenvalue weighted by Crippen LogP contribution is 2.36. The van der Waals surface area contributed by atoms with Crippen molar-refractivity contribution in [2.24, 2.45) is 0 Å². The van der Waals surface area contributed by atoms with E-state index in [9.17, 15) is 8.42 Å². The summed E-state index contributed by atoms with van der Waals surface area (Å²) in [6.45, 7) is 0.547. The number of aromatic amines is 1. The van der Waals surface area contributed by atoms with Crippen molar-refractivity contribution in [3.63, 3.8) is 0 Å². The van der Waals surface area contributed by atoms with E-state index in [2.05, 4.69) is 15.2 Å². The lowest BCUT2D eigenvalue weighted by Gasteiger charge is -2.23. The molecule has 1 N–H and O–H groups in total. The second kappa shape index (κ2) is 4.50. The van der Waals surface area contributed by atoms with Crippen molar-refractivity contribution in [2.45, 2.75) is 17.5 Å². The molecule has 1 aliphatic heterocycles.